The van der Waals surface area contributed by atoms with Gasteiger partial charge in [-0.05, 0) is 48.7 Å². The molecule has 1 aromatic heterocycles. The number of aromatic nitrogens is 1. The summed E-state index contributed by atoms with van der Waals surface area (Å²) in [7, 11) is 0. The van der Waals surface area contributed by atoms with Gasteiger partial charge in [0.2, 0.25) is 5.91 Å². The quantitative estimate of drug-likeness (QED) is 0.730. The lowest BCUT2D eigenvalue weighted by Gasteiger charge is -2.18. The molecule has 0 unspecified atom stereocenters. The Morgan fingerprint density at radius 1 is 1.07 bits per heavy atom. The Morgan fingerprint density at radius 3 is 2.70 bits per heavy atom. The van der Waals surface area contributed by atoms with Crippen LogP contribution in [0.2, 0.25) is 0 Å². The third kappa shape index (κ3) is 3.95. The van der Waals surface area contributed by atoms with E-state index in [-0.39, 0.29) is 12.3 Å². The van der Waals surface area contributed by atoms with Gasteiger partial charge in [-0.3, -0.25) is 4.79 Å². The van der Waals surface area contributed by atoms with Crippen LogP contribution in [0.4, 0.5) is 5.13 Å². The van der Waals surface area contributed by atoms with Gasteiger partial charge in [-0.2, -0.15) is 0 Å². The van der Waals surface area contributed by atoms with Gasteiger partial charge in [-0.1, -0.05) is 18.2 Å². The summed E-state index contributed by atoms with van der Waals surface area (Å²) in [4.78, 5) is 16.9. The Bertz CT molecular complexity index is 997. The van der Waals surface area contributed by atoms with E-state index >= 15 is 0 Å². The zero-order valence-corrected chi connectivity index (χ0v) is 16.1. The SMILES string of the molecule is Cc1ccc(-c2csc(NC(=O)Cc3ccc4c(c3)OCCO4)n2)cc1C. The molecule has 3 aromatic rings. The van der Waals surface area contributed by atoms with Crippen molar-refractivity contribution in [3.63, 3.8) is 0 Å². The van der Waals surface area contributed by atoms with Crippen LogP contribution in [0.5, 0.6) is 11.5 Å². The molecule has 2 aromatic carbocycles. The van der Waals surface area contributed by atoms with E-state index in [4.69, 9.17) is 9.47 Å². The maximum atomic E-state index is 12.4. The van der Waals surface area contributed by atoms with Gasteiger partial charge < -0.3 is 14.8 Å². The highest BCUT2D eigenvalue weighted by molar-refractivity contribution is 7.14. The number of hydrogen-bond donors (Lipinski definition) is 1. The van der Waals surface area contributed by atoms with Crippen LogP contribution in [0.3, 0.4) is 0 Å². The molecular formula is C21H20N2O3S. The summed E-state index contributed by atoms with van der Waals surface area (Å²) in [6.07, 6.45) is 0.259. The Labute approximate surface area is 162 Å². The number of carbonyl (C=O) groups is 1. The molecule has 27 heavy (non-hydrogen) atoms. The van der Waals surface area contributed by atoms with E-state index in [0.29, 0.717) is 24.1 Å². The molecule has 5 nitrogen and oxygen atoms in total. The molecule has 1 amide bonds. The van der Waals surface area contributed by atoms with Crippen molar-refractivity contribution in [2.45, 2.75) is 20.3 Å². The van der Waals surface area contributed by atoms with Crippen LogP contribution in [-0.2, 0) is 11.2 Å². The number of fused-ring (bicyclic) bond motifs is 1. The molecule has 0 saturated heterocycles. The van der Waals surface area contributed by atoms with Crippen LogP contribution >= 0.6 is 11.3 Å². The predicted octanol–water partition coefficient (Wildman–Crippen LogP) is 4.38. The standard InChI is InChI=1S/C21H20N2O3S/c1-13-3-5-16(9-14(13)2)17-12-27-21(22-17)23-20(24)11-15-4-6-18-19(10-15)26-8-7-25-18/h3-6,9-10,12H,7-8,11H2,1-2H3,(H,22,23,24). The van der Waals surface area contributed by atoms with Crippen molar-refractivity contribution in [3.8, 4) is 22.8 Å². The molecule has 1 N–H and O–H groups in total. The van der Waals surface area contributed by atoms with Crippen molar-refractivity contribution in [3.05, 3.63) is 58.5 Å². The zero-order valence-electron chi connectivity index (χ0n) is 15.2. The van der Waals surface area contributed by atoms with Gasteiger partial charge >= 0.3 is 0 Å². The second-order valence-electron chi connectivity index (χ2n) is 6.54. The first kappa shape index (κ1) is 17.5. The number of carbonyl (C=O) groups excluding carboxylic acids is 1. The predicted molar refractivity (Wildman–Crippen MR) is 107 cm³/mol. The molecule has 2 heterocycles. The van der Waals surface area contributed by atoms with E-state index in [9.17, 15) is 4.79 Å². The van der Waals surface area contributed by atoms with Crippen molar-refractivity contribution < 1.29 is 14.3 Å². The minimum absolute atomic E-state index is 0.104. The first-order chi connectivity index (χ1) is 13.1. The second kappa shape index (κ2) is 7.40. The van der Waals surface area contributed by atoms with Crippen LogP contribution < -0.4 is 14.8 Å². The molecule has 0 atom stereocenters. The topological polar surface area (TPSA) is 60.5 Å². The van der Waals surface area contributed by atoms with E-state index in [0.717, 1.165) is 22.6 Å². The average molecular weight is 380 g/mol. The molecule has 0 saturated carbocycles. The summed E-state index contributed by atoms with van der Waals surface area (Å²) in [6, 6.07) is 11.8. The molecule has 0 spiro atoms. The Morgan fingerprint density at radius 2 is 1.89 bits per heavy atom. The Balaban J connectivity index is 1.43. The highest BCUT2D eigenvalue weighted by atomic mass is 32.1. The Kier molecular flexibility index (Phi) is 4.81. The van der Waals surface area contributed by atoms with Crippen LogP contribution in [0, 0.1) is 13.8 Å². The number of aryl methyl sites for hydroxylation is 2. The van der Waals surface area contributed by atoms with Crippen LogP contribution in [0.15, 0.2) is 41.8 Å². The van der Waals surface area contributed by atoms with Gasteiger partial charge in [0.15, 0.2) is 16.6 Å². The number of thiazole rings is 1. The van der Waals surface area contributed by atoms with Gasteiger partial charge in [0.1, 0.15) is 13.2 Å². The average Bonchev–Trinajstić information content (AvgIpc) is 3.12. The number of amides is 1. The fourth-order valence-corrected chi connectivity index (χ4v) is 3.65. The summed E-state index contributed by atoms with van der Waals surface area (Å²) in [5.41, 5.74) is 5.29. The number of ether oxygens (including phenoxy) is 2. The van der Waals surface area contributed by atoms with E-state index in [1.165, 1.54) is 22.5 Å². The lowest BCUT2D eigenvalue weighted by Crippen LogP contribution is -2.17. The first-order valence-corrected chi connectivity index (χ1v) is 9.68. The maximum Gasteiger partial charge on any atom is 0.230 e. The summed E-state index contributed by atoms with van der Waals surface area (Å²) in [5.74, 6) is 1.31. The van der Waals surface area contributed by atoms with Gasteiger partial charge in [-0.25, -0.2) is 4.98 Å². The Hall–Kier alpha value is -2.86. The van der Waals surface area contributed by atoms with E-state index in [2.05, 4.69) is 42.3 Å². The number of hydrogen-bond acceptors (Lipinski definition) is 5. The van der Waals surface area contributed by atoms with E-state index in [1.54, 1.807) is 0 Å². The number of anilines is 1. The van der Waals surface area contributed by atoms with Crippen LogP contribution in [-0.4, -0.2) is 24.1 Å². The molecule has 0 aliphatic carbocycles. The van der Waals surface area contributed by atoms with Crippen molar-refractivity contribution in [1.29, 1.82) is 0 Å². The largest absolute Gasteiger partial charge is 0.486 e. The normalized spacial score (nSPS) is 12.7. The summed E-state index contributed by atoms with van der Waals surface area (Å²) < 4.78 is 11.1. The van der Waals surface area contributed by atoms with Gasteiger partial charge in [0, 0.05) is 10.9 Å². The number of nitrogens with one attached hydrogen (secondary N) is 1. The number of nitrogens with zero attached hydrogens (tertiary/aromatic N) is 1. The van der Waals surface area contributed by atoms with Crippen LogP contribution in [0.25, 0.3) is 11.3 Å². The molecular weight excluding hydrogens is 360 g/mol. The summed E-state index contributed by atoms with van der Waals surface area (Å²) in [6.45, 7) is 5.26. The molecule has 6 heteroatoms. The summed E-state index contributed by atoms with van der Waals surface area (Å²) in [5, 5.41) is 5.45. The highest BCUT2D eigenvalue weighted by Gasteiger charge is 2.14. The van der Waals surface area contributed by atoms with Crippen molar-refractivity contribution in [2.24, 2.45) is 0 Å². The monoisotopic (exact) mass is 380 g/mol. The third-order valence-electron chi connectivity index (χ3n) is 4.52. The van der Waals surface area contributed by atoms with E-state index < -0.39 is 0 Å². The fourth-order valence-electron chi connectivity index (χ4n) is 2.91. The fraction of sp³-hybridized carbons (Fsp3) is 0.238. The van der Waals surface area contributed by atoms with Gasteiger partial charge in [0.05, 0.1) is 12.1 Å². The van der Waals surface area contributed by atoms with E-state index in [1.807, 2.05) is 23.6 Å². The van der Waals surface area contributed by atoms with Gasteiger partial charge in [0.25, 0.3) is 0 Å². The highest BCUT2D eigenvalue weighted by Crippen LogP contribution is 2.31. The third-order valence-corrected chi connectivity index (χ3v) is 5.28. The molecule has 0 radical (unpaired) electrons. The minimum Gasteiger partial charge on any atom is -0.486 e. The number of benzene rings is 2. The molecule has 0 bridgehead atoms. The van der Waals surface area contributed by atoms with Crippen LogP contribution in [0.1, 0.15) is 16.7 Å². The smallest absolute Gasteiger partial charge is 0.230 e. The van der Waals surface area contributed by atoms with Crippen molar-refractivity contribution in [1.82, 2.24) is 4.98 Å². The second-order valence-corrected chi connectivity index (χ2v) is 7.40. The number of rotatable bonds is 4. The summed E-state index contributed by atoms with van der Waals surface area (Å²) >= 11 is 1.43. The lowest BCUT2D eigenvalue weighted by molar-refractivity contribution is -0.115. The van der Waals surface area contributed by atoms with Crippen molar-refractivity contribution in [2.75, 3.05) is 18.5 Å². The van der Waals surface area contributed by atoms with Gasteiger partial charge in [-0.15, -0.1) is 11.3 Å². The molecule has 138 valence electrons. The lowest BCUT2D eigenvalue weighted by atomic mass is 10.1. The molecule has 0 fully saturated rings. The molecule has 1 aliphatic rings. The zero-order chi connectivity index (χ0) is 18.8. The first-order valence-electron chi connectivity index (χ1n) is 8.80. The van der Waals surface area contributed by atoms with Crippen molar-refractivity contribution >= 4 is 22.4 Å². The maximum absolute atomic E-state index is 12.4. The molecule has 1 aliphatic heterocycles. The molecule has 4 rings (SSSR count). The minimum atomic E-state index is -0.104.